The van der Waals surface area contributed by atoms with Crippen molar-refractivity contribution in [3.05, 3.63) is 35.9 Å². The Kier molecular flexibility index (Phi) is 6.87. The fraction of sp³-hybridized carbons (Fsp3) is 0.611. The number of nitrogens with one attached hydrogen (secondary N) is 1. The standard InChI is InChI=1S/C18H27NO3/c1-14(17(20)15-8-4-2-5-9-15)19-12-13-22-18(21)16-10-6-3-7-11-16/h2,4-5,8-9,14,16-17,19-20H,3,6-7,10-13H2,1H3. The van der Waals surface area contributed by atoms with Crippen molar-refractivity contribution in [3.63, 3.8) is 0 Å². The van der Waals surface area contributed by atoms with Gasteiger partial charge in [0.2, 0.25) is 0 Å². The van der Waals surface area contributed by atoms with Gasteiger partial charge in [0.05, 0.1) is 12.0 Å². The zero-order valence-corrected chi connectivity index (χ0v) is 13.3. The SMILES string of the molecule is CC(NCCOC(=O)C1CCCCC1)C(O)c1ccccc1. The van der Waals surface area contributed by atoms with Crippen molar-refractivity contribution in [1.82, 2.24) is 5.32 Å². The highest BCUT2D eigenvalue weighted by molar-refractivity contribution is 5.72. The molecule has 0 amide bonds. The highest BCUT2D eigenvalue weighted by atomic mass is 16.5. The molecule has 0 aromatic heterocycles. The summed E-state index contributed by atoms with van der Waals surface area (Å²) in [6, 6.07) is 9.49. The van der Waals surface area contributed by atoms with E-state index in [0.29, 0.717) is 13.2 Å². The Morgan fingerprint density at radius 2 is 1.95 bits per heavy atom. The lowest BCUT2D eigenvalue weighted by Gasteiger charge is -2.22. The molecule has 1 saturated carbocycles. The third-order valence-electron chi connectivity index (χ3n) is 4.37. The molecular formula is C18H27NO3. The average molecular weight is 305 g/mol. The summed E-state index contributed by atoms with van der Waals surface area (Å²) in [7, 11) is 0. The molecule has 1 aliphatic rings. The lowest BCUT2D eigenvalue weighted by Crippen LogP contribution is -2.35. The predicted octanol–water partition coefficient (Wildman–Crippen LogP) is 2.82. The zero-order valence-electron chi connectivity index (χ0n) is 13.3. The van der Waals surface area contributed by atoms with Gasteiger partial charge in [0.1, 0.15) is 6.61 Å². The van der Waals surface area contributed by atoms with Crippen LogP contribution in [0.3, 0.4) is 0 Å². The summed E-state index contributed by atoms with van der Waals surface area (Å²) >= 11 is 0. The van der Waals surface area contributed by atoms with Gasteiger partial charge in [-0.25, -0.2) is 0 Å². The molecule has 0 saturated heterocycles. The van der Waals surface area contributed by atoms with E-state index in [1.54, 1.807) is 0 Å². The summed E-state index contributed by atoms with van der Waals surface area (Å²) in [5, 5.41) is 13.4. The molecule has 22 heavy (non-hydrogen) atoms. The van der Waals surface area contributed by atoms with Crippen LogP contribution < -0.4 is 5.32 Å². The number of carbonyl (C=O) groups is 1. The van der Waals surface area contributed by atoms with Crippen molar-refractivity contribution >= 4 is 5.97 Å². The average Bonchev–Trinajstić information content (AvgIpc) is 2.59. The van der Waals surface area contributed by atoms with Gasteiger partial charge in [0.15, 0.2) is 0 Å². The molecule has 0 aliphatic heterocycles. The van der Waals surface area contributed by atoms with E-state index in [-0.39, 0.29) is 17.9 Å². The molecule has 122 valence electrons. The van der Waals surface area contributed by atoms with E-state index in [4.69, 9.17) is 4.74 Å². The Balaban J connectivity index is 1.64. The largest absolute Gasteiger partial charge is 0.464 e. The highest BCUT2D eigenvalue weighted by Gasteiger charge is 2.22. The molecule has 2 rings (SSSR count). The minimum absolute atomic E-state index is 0.0576. The van der Waals surface area contributed by atoms with Gasteiger partial charge in [0.25, 0.3) is 0 Å². The van der Waals surface area contributed by atoms with E-state index in [1.807, 2.05) is 37.3 Å². The normalized spacial score (nSPS) is 18.6. The van der Waals surface area contributed by atoms with Crippen LogP contribution in [0.4, 0.5) is 0 Å². The first-order valence-electron chi connectivity index (χ1n) is 8.31. The van der Waals surface area contributed by atoms with Crippen molar-refractivity contribution in [2.24, 2.45) is 5.92 Å². The van der Waals surface area contributed by atoms with Crippen LogP contribution in [0, 0.1) is 5.92 Å². The molecule has 1 aromatic carbocycles. The number of benzene rings is 1. The van der Waals surface area contributed by atoms with Gasteiger partial charge < -0.3 is 15.2 Å². The van der Waals surface area contributed by atoms with Gasteiger partial charge in [-0.15, -0.1) is 0 Å². The third kappa shape index (κ3) is 5.11. The summed E-state index contributed by atoms with van der Waals surface area (Å²) in [6.07, 6.45) is 4.89. The van der Waals surface area contributed by atoms with Crippen molar-refractivity contribution < 1.29 is 14.6 Å². The fourth-order valence-corrected chi connectivity index (χ4v) is 2.94. The Hall–Kier alpha value is -1.39. The van der Waals surface area contributed by atoms with Gasteiger partial charge in [-0.05, 0) is 25.3 Å². The first-order valence-corrected chi connectivity index (χ1v) is 8.31. The number of aliphatic hydroxyl groups is 1. The second-order valence-corrected chi connectivity index (χ2v) is 6.10. The van der Waals surface area contributed by atoms with E-state index < -0.39 is 6.10 Å². The molecule has 0 radical (unpaired) electrons. The lowest BCUT2D eigenvalue weighted by molar-refractivity contribution is -0.149. The maximum Gasteiger partial charge on any atom is 0.308 e. The van der Waals surface area contributed by atoms with Crippen LogP contribution in [0.2, 0.25) is 0 Å². The number of aliphatic hydroxyl groups excluding tert-OH is 1. The highest BCUT2D eigenvalue weighted by Crippen LogP contribution is 2.24. The van der Waals surface area contributed by atoms with Crippen LogP contribution in [0.25, 0.3) is 0 Å². The van der Waals surface area contributed by atoms with E-state index in [2.05, 4.69) is 5.32 Å². The molecule has 2 N–H and O–H groups in total. The van der Waals surface area contributed by atoms with Crippen molar-refractivity contribution in [2.75, 3.05) is 13.2 Å². The fourth-order valence-electron chi connectivity index (χ4n) is 2.94. The maximum atomic E-state index is 11.9. The van der Waals surface area contributed by atoms with Crippen molar-refractivity contribution in [1.29, 1.82) is 0 Å². The van der Waals surface area contributed by atoms with Crippen LogP contribution in [0.1, 0.15) is 50.7 Å². The Labute approximate surface area is 132 Å². The molecule has 4 nitrogen and oxygen atoms in total. The molecule has 1 fully saturated rings. The first-order chi connectivity index (χ1) is 10.7. The molecule has 1 aliphatic carbocycles. The number of hydrogen-bond acceptors (Lipinski definition) is 4. The predicted molar refractivity (Wildman–Crippen MR) is 86.4 cm³/mol. The van der Waals surface area contributed by atoms with Gasteiger partial charge in [-0.2, -0.15) is 0 Å². The monoisotopic (exact) mass is 305 g/mol. The lowest BCUT2D eigenvalue weighted by atomic mass is 9.89. The van der Waals surface area contributed by atoms with E-state index in [0.717, 1.165) is 31.2 Å². The minimum Gasteiger partial charge on any atom is -0.464 e. The zero-order chi connectivity index (χ0) is 15.8. The summed E-state index contributed by atoms with van der Waals surface area (Å²) < 4.78 is 5.33. The van der Waals surface area contributed by atoms with E-state index in [9.17, 15) is 9.90 Å². The number of esters is 1. The van der Waals surface area contributed by atoms with Crippen LogP contribution in [-0.4, -0.2) is 30.3 Å². The number of ether oxygens (including phenoxy) is 1. The second kappa shape index (κ2) is 8.91. The maximum absolute atomic E-state index is 11.9. The molecule has 2 atom stereocenters. The van der Waals surface area contributed by atoms with Gasteiger partial charge in [0, 0.05) is 12.6 Å². The summed E-state index contributed by atoms with van der Waals surface area (Å²) in [5.41, 5.74) is 0.890. The topological polar surface area (TPSA) is 58.6 Å². The number of rotatable bonds is 7. The molecule has 1 aromatic rings. The molecule has 0 bridgehead atoms. The van der Waals surface area contributed by atoms with Crippen LogP contribution in [-0.2, 0) is 9.53 Å². The van der Waals surface area contributed by atoms with Crippen molar-refractivity contribution in [2.45, 2.75) is 51.2 Å². The summed E-state index contributed by atoms with van der Waals surface area (Å²) in [6.45, 7) is 2.85. The van der Waals surface area contributed by atoms with Gasteiger partial charge in [-0.3, -0.25) is 4.79 Å². The van der Waals surface area contributed by atoms with Gasteiger partial charge in [-0.1, -0.05) is 49.6 Å². The Bertz CT molecular complexity index is 443. The van der Waals surface area contributed by atoms with Gasteiger partial charge >= 0.3 is 5.97 Å². The Morgan fingerprint density at radius 3 is 2.64 bits per heavy atom. The molecule has 2 unspecified atom stereocenters. The number of carbonyl (C=O) groups excluding carboxylic acids is 1. The molecule has 4 heteroatoms. The third-order valence-corrected chi connectivity index (χ3v) is 4.37. The summed E-state index contributed by atoms with van der Waals surface area (Å²) in [5.74, 6) is 0.0406. The Morgan fingerprint density at radius 1 is 1.27 bits per heavy atom. The summed E-state index contributed by atoms with van der Waals surface area (Å²) in [4.78, 5) is 11.9. The molecular weight excluding hydrogens is 278 g/mol. The van der Waals surface area contributed by atoms with Crippen LogP contribution in [0.15, 0.2) is 30.3 Å². The second-order valence-electron chi connectivity index (χ2n) is 6.10. The molecule has 0 spiro atoms. The van der Waals surface area contributed by atoms with E-state index in [1.165, 1.54) is 6.42 Å². The number of hydrogen-bond donors (Lipinski definition) is 2. The quantitative estimate of drug-likeness (QED) is 0.601. The van der Waals surface area contributed by atoms with Crippen molar-refractivity contribution in [3.8, 4) is 0 Å². The molecule has 0 heterocycles. The smallest absolute Gasteiger partial charge is 0.308 e. The first kappa shape index (κ1) is 17.0. The van der Waals surface area contributed by atoms with E-state index >= 15 is 0 Å². The van der Waals surface area contributed by atoms with Crippen LogP contribution >= 0.6 is 0 Å². The minimum atomic E-state index is -0.560. The van der Waals surface area contributed by atoms with Crippen LogP contribution in [0.5, 0.6) is 0 Å².